The van der Waals surface area contributed by atoms with E-state index in [1.165, 1.54) is 11.3 Å². The van der Waals surface area contributed by atoms with Crippen LogP contribution >= 0.6 is 11.3 Å². The standard InChI is InChI=1S/C26H27N3O3S/c1-4-8-19-12-13-22(23(17-19)31-3)32-15-14-29-21-10-6-5-9-20(21)28-25(29)18(2)27-26(30)24-11-7-16-33-24/h4-7,9-13,16-18H,1,8,14-15H2,2-3H3,(H,27,30). The number of ether oxygens (including phenoxy) is 2. The van der Waals surface area contributed by atoms with Crippen LogP contribution in [0, 0.1) is 0 Å². The number of methoxy groups -OCH3 is 1. The molecule has 1 N–H and O–H groups in total. The molecule has 170 valence electrons. The lowest BCUT2D eigenvalue weighted by atomic mass is 10.1. The molecule has 0 radical (unpaired) electrons. The van der Waals surface area contributed by atoms with E-state index >= 15 is 0 Å². The highest BCUT2D eigenvalue weighted by atomic mass is 32.1. The summed E-state index contributed by atoms with van der Waals surface area (Å²) in [6, 6.07) is 17.3. The smallest absolute Gasteiger partial charge is 0.261 e. The van der Waals surface area contributed by atoms with Gasteiger partial charge in [0.1, 0.15) is 12.4 Å². The van der Waals surface area contributed by atoms with Crippen molar-refractivity contribution in [3.8, 4) is 11.5 Å². The molecule has 0 spiro atoms. The third kappa shape index (κ3) is 5.09. The van der Waals surface area contributed by atoms with E-state index in [1.807, 2.05) is 73.0 Å². The number of aromatic nitrogens is 2. The predicted octanol–water partition coefficient (Wildman–Crippen LogP) is 5.40. The van der Waals surface area contributed by atoms with Gasteiger partial charge >= 0.3 is 0 Å². The summed E-state index contributed by atoms with van der Waals surface area (Å²) in [5.74, 6) is 2.08. The lowest BCUT2D eigenvalue weighted by Gasteiger charge is -2.17. The molecule has 0 aliphatic heterocycles. The fourth-order valence-corrected chi connectivity index (χ4v) is 4.40. The van der Waals surface area contributed by atoms with Crippen LogP contribution in [0.3, 0.4) is 0 Å². The zero-order valence-corrected chi connectivity index (χ0v) is 19.6. The number of amides is 1. The number of rotatable bonds is 10. The van der Waals surface area contributed by atoms with E-state index in [9.17, 15) is 4.79 Å². The Hall–Kier alpha value is -3.58. The molecule has 2 heterocycles. The minimum Gasteiger partial charge on any atom is -0.493 e. The van der Waals surface area contributed by atoms with Crippen LogP contribution in [-0.4, -0.2) is 29.2 Å². The van der Waals surface area contributed by atoms with Crippen molar-refractivity contribution in [1.29, 1.82) is 0 Å². The molecule has 0 aliphatic rings. The second-order valence-electron chi connectivity index (χ2n) is 7.61. The minimum atomic E-state index is -0.264. The van der Waals surface area contributed by atoms with Gasteiger partial charge in [-0.1, -0.05) is 30.3 Å². The maximum Gasteiger partial charge on any atom is 0.261 e. The fourth-order valence-electron chi connectivity index (χ4n) is 3.77. The minimum absolute atomic E-state index is 0.100. The van der Waals surface area contributed by atoms with Gasteiger partial charge in [0, 0.05) is 0 Å². The number of benzene rings is 2. The number of imidazole rings is 1. The summed E-state index contributed by atoms with van der Waals surface area (Å²) >= 11 is 1.42. The molecule has 1 amide bonds. The highest BCUT2D eigenvalue weighted by molar-refractivity contribution is 7.12. The number of para-hydroxylation sites is 2. The highest BCUT2D eigenvalue weighted by Crippen LogP contribution is 2.29. The molecule has 6 nitrogen and oxygen atoms in total. The average Bonchev–Trinajstić information content (AvgIpc) is 3.49. The highest BCUT2D eigenvalue weighted by Gasteiger charge is 2.19. The van der Waals surface area contributed by atoms with E-state index in [2.05, 4.69) is 16.5 Å². The number of carbonyl (C=O) groups is 1. The van der Waals surface area contributed by atoms with Crippen LogP contribution in [0.25, 0.3) is 11.0 Å². The Morgan fingerprint density at radius 2 is 2.06 bits per heavy atom. The second kappa shape index (κ2) is 10.4. The molecule has 2 aromatic carbocycles. The van der Waals surface area contributed by atoms with Crippen molar-refractivity contribution in [2.75, 3.05) is 13.7 Å². The average molecular weight is 462 g/mol. The van der Waals surface area contributed by atoms with Gasteiger partial charge in [-0.05, 0) is 54.6 Å². The summed E-state index contributed by atoms with van der Waals surface area (Å²) in [5, 5.41) is 4.96. The van der Waals surface area contributed by atoms with Crippen LogP contribution in [0.5, 0.6) is 11.5 Å². The second-order valence-corrected chi connectivity index (χ2v) is 8.56. The Morgan fingerprint density at radius 1 is 1.21 bits per heavy atom. The van der Waals surface area contributed by atoms with Gasteiger partial charge in [0.25, 0.3) is 5.91 Å². The monoisotopic (exact) mass is 461 g/mol. The van der Waals surface area contributed by atoms with E-state index < -0.39 is 0 Å². The molecule has 1 atom stereocenters. The Labute approximate surface area is 197 Å². The van der Waals surface area contributed by atoms with Crippen LogP contribution in [-0.2, 0) is 13.0 Å². The normalized spacial score (nSPS) is 11.8. The van der Waals surface area contributed by atoms with Gasteiger partial charge in [-0.25, -0.2) is 4.98 Å². The third-order valence-electron chi connectivity index (χ3n) is 5.34. The number of allylic oxidation sites excluding steroid dienone is 1. The molecule has 4 rings (SSSR count). The van der Waals surface area contributed by atoms with Gasteiger partial charge in [0.2, 0.25) is 0 Å². The number of nitrogens with zero attached hydrogens (tertiary/aromatic N) is 2. The Bertz CT molecular complexity index is 1250. The van der Waals surface area contributed by atoms with Crippen LogP contribution in [0.4, 0.5) is 0 Å². The van der Waals surface area contributed by atoms with Gasteiger partial charge < -0.3 is 19.4 Å². The number of hydrogen-bond acceptors (Lipinski definition) is 5. The molecule has 7 heteroatoms. The first-order valence-electron chi connectivity index (χ1n) is 10.8. The SMILES string of the molecule is C=CCc1ccc(OCCn2c(C(C)NC(=O)c3cccs3)nc3ccccc32)c(OC)c1. The number of nitrogens with one attached hydrogen (secondary N) is 1. The van der Waals surface area contributed by atoms with Crippen molar-refractivity contribution in [2.24, 2.45) is 0 Å². The van der Waals surface area contributed by atoms with Crippen LogP contribution in [0.15, 0.2) is 72.6 Å². The first kappa shape index (κ1) is 22.6. The Morgan fingerprint density at radius 3 is 2.82 bits per heavy atom. The molecule has 33 heavy (non-hydrogen) atoms. The molecule has 0 fully saturated rings. The van der Waals surface area contributed by atoms with E-state index in [1.54, 1.807) is 7.11 Å². The molecular weight excluding hydrogens is 434 g/mol. The first-order valence-corrected chi connectivity index (χ1v) is 11.7. The van der Waals surface area contributed by atoms with E-state index in [0.717, 1.165) is 28.8 Å². The third-order valence-corrected chi connectivity index (χ3v) is 6.21. The zero-order chi connectivity index (χ0) is 23.2. The van der Waals surface area contributed by atoms with Gasteiger partial charge in [-0.2, -0.15) is 0 Å². The maximum absolute atomic E-state index is 12.6. The van der Waals surface area contributed by atoms with Crippen molar-refractivity contribution in [2.45, 2.75) is 25.9 Å². The van der Waals surface area contributed by atoms with Crippen LogP contribution in [0.1, 0.15) is 34.0 Å². The maximum atomic E-state index is 12.6. The van der Waals surface area contributed by atoms with Gasteiger partial charge in [-0.15, -0.1) is 17.9 Å². The molecule has 0 saturated heterocycles. The van der Waals surface area contributed by atoms with Crippen molar-refractivity contribution >= 4 is 28.3 Å². The Kier molecular flexibility index (Phi) is 7.10. The summed E-state index contributed by atoms with van der Waals surface area (Å²) in [6.07, 6.45) is 2.63. The van der Waals surface area contributed by atoms with Gasteiger partial charge in [0.05, 0.1) is 35.6 Å². The summed E-state index contributed by atoms with van der Waals surface area (Å²) in [7, 11) is 1.64. The quantitative estimate of drug-likeness (QED) is 0.321. The number of thiophene rings is 1. The molecule has 0 aliphatic carbocycles. The van der Waals surface area contributed by atoms with Crippen LogP contribution in [0.2, 0.25) is 0 Å². The largest absolute Gasteiger partial charge is 0.493 e. The number of fused-ring (bicyclic) bond motifs is 1. The predicted molar refractivity (Wildman–Crippen MR) is 132 cm³/mol. The molecule has 4 aromatic rings. The molecule has 0 bridgehead atoms. The molecule has 0 saturated carbocycles. The van der Waals surface area contributed by atoms with E-state index in [4.69, 9.17) is 14.5 Å². The molecule has 1 unspecified atom stereocenters. The summed E-state index contributed by atoms with van der Waals surface area (Å²) in [4.78, 5) is 18.1. The topological polar surface area (TPSA) is 65.4 Å². The van der Waals surface area contributed by atoms with Crippen LogP contribution < -0.4 is 14.8 Å². The first-order chi connectivity index (χ1) is 16.1. The van der Waals surface area contributed by atoms with Crippen molar-refractivity contribution in [3.05, 3.63) is 88.9 Å². The Balaban J connectivity index is 1.52. The van der Waals surface area contributed by atoms with Gasteiger partial charge in [-0.3, -0.25) is 4.79 Å². The van der Waals surface area contributed by atoms with Crippen molar-refractivity contribution in [3.63, 3.8) is 0 Å². The lowest BCUT2D eigenvalue weighted by molar-refractivity contribution is 0.0941. The van der Waals surface area contributed by atoms with Gasteiger partial charge in [0.15, 0.2) is 11.5 Å². The summed E-state index contributed by atoms with van der Waals surface area (Å²) < 4.78 is 13.7. The summed E-state index contributed by atoms with van der Waals surface area (Å²) in [6.45, 7) is 6.74. The van der Waals surface area contributed by atoms with Crippen molar-refractivity contribution in [1.82, 2.24) is 14.9 Å². The number of hydrogen-bond donors (Lipinski definition) is 1. The lowest BCUT2D eigenvalue weighted by Crippen LogP contribution is -2.28. The number of carbonyl (C=O) groups excluding carboxylic acids is 1. The zero-order valence-electron chi connectivity index (χ0n) is 18.8. The fraction of sp³-hybridized carbons (Fsp3) is 0.231. The van der Waals surface area contributed by atoms with E-state index in [0.29, 0.717) is 29.5 Å². The molecular formula is C26H27N3O3S. The summed E-state index contributed by atoms with van der Waals surface area (Å²) in [5.41, 5.74) is 3.00. The molecule has 2 aromatic heterocycles. The van der Waals surface area contributed by atoms with Crippen molar-refractivity contribution < 1.29 is 14.3 Å². The van der Waals surface area contributed by atoms with E-state index in [-0.39, 0.29) is 11.9 Å².